The van der Waals surface area contributed by atoms with Crippen LogP contribution < -0.4 is 5.32 Å². The Kier molecular flexibility index (Phi) is 5.99. The van der Waals surface area contributed by atoms with E-state index in [2.05, 4.69) is 20.4 Å². The summed E-state index contributed by atoms with van der Waals surface area (Å²) in [4.78, 5) is 20.9. The van der Waals surface area contributed by atoms with E-state index in [0.29, 0.717) is 27.3 Å². The van der Waals surface area contributed by atoms with Crippen LogP contribution in [0.15, 0.2) is 66.1 Å². The van der Waals surface area contributed by atoms with Gasteiger partial charge < -0.3 is 5.32 Å². The SMILES string of the molecule is O=C(CSc1ncnc2c1cnn2-c1ccccc1)NCc1ccc(Cl)cc1Cl. The zero-order valence-corrected chi connectivity index (χ0v) is 17.4. The van der Waals surface area contributed by atoms with Crippen molar-refractivity contribution in [2.45, 2.75) is 11.6 Å². The molecule has 9 heteroatoms. The van der Waals surface area contributed by atoms with Gasteiger partial charge in [0.1, 0.15) is 11.4 Å². The zero-order chi connectivity index (χ0) is 20.2. The molecule has 6 nitrogen and oxygen atoms in total. The minimum atomic E-state index is -0.122. The number of fused-ring (bicyclic) bond motifs is 1. The molecule has 2 aromatic heterocycles. The standard InChI is InChI=1S/C20H15Cl2N5OS/c21-14-7-6-13(17(22)8-14)9-23-18(28)11-29-20-16-10-26-27(19(16)24-12-25-20)15-4-2-1-3-5-15/h1-8,10,12H,9,11H2,(H,23,28). The lowest BCUT2D eigenvalue weighted by Gasteiger charge is -2.07. The largest absolute Gasteiger partial charge is 0.351 e. The average Bonchev–Trinajstić information content (AvgIpc) is 3.17. The highest BCUT2D eigenvalue weighted by Crippen LogP contribution is 2.26. The fourth-order valence-corrected chi connectivity index (χ4v) is 4.01. The molecule has 4 aromatic rings. The van der Waals surface area contributed by atoms with Crippen LogP contribution in [-0.4, -0.2) is 31.4 Å². The lowest BCUT2D eigenvalue weighted by Crippen LogP contribution is -2.24. The van der Waals surface area contributed by atoms with E-state index in [1.165, 1.54) is 18.1 Å². The van der Waals surface area contributed by atoms with Gasteiger partial charge in [-0.3, -0.25) is 4.79 Å². The second kappa shape index (κ2) is 8.82. The third-order valence-electron chi connectivity index (χ3n) is 4.16. The van der Waals surface area contributed by atoms with E-state index in [4.69, 9.17) is 23.2 Å². The van der Waals surface area contributed by atoms with E-state index in [1.807, 2.05) is 30.3 Å². The van der Waals surface area contributed by atoms with Gasteiger partial charge in [-0.05, 0) is 29.8 Å². The van der Waals surface area contributed by atoms with Gasteiger partial charge in [-0.15, -0.1) is 0 Å². The van der Waals surface area contributed by atoms with Crippen LogP contribution in [0.25, 0.3) is 16.7 Å². The van der Waals surface area contributed by atoms with Gasteiger partial charge in [-0.2, -0.15) is 5.10 Å². The van der Waals surface area contributed by atoms with Crippen LogP contribution in [0.1, 0.15) is 5.56 Å². The number of nitrogens with one attached hydrogen (secondary N) is 1. The van der Waals surface area contributed by atoms with Gasteiger partial charge in [-0.25, -0.2) is 14.6 Å². The number of rotatable bonds is 6. The quantitative estimate of drug-likeness (QED) is 0.350. The van der Waals surface area contributed by atoms with Crippen LogP contribution >= 0.6 is 35.0 Å². The molecule has 0 bridgehead atoms. The third-order valence-corrected chi connectivity index (χ3v) is 5.75. The van der Waals surface area contributed by atoms with E-state index in [1.54, 1.807) is 29.1 Å². The molecule has 2 heterocycles. The molecule has 4 rings (SSSR count). The van der Waals surface area contributed by atoms with E-state index < -0.39 is 0 Å². The van der Waals surface area contributed by atoms with Crippen molar-refractivity contribution in [3.8, 4) is 5.69 Å². The summed E-state index contributed by atoms with van der Waals surface area (Å²) in [6, 6.07) is 14.9. The normalized spacial score (nSPS) is 11.0. The molecule has 0 aliphatic carbocycles. The number of halogens is 2. The van der Waals surface area contributed by atoms with Crippen molar-refractivity contribution in [1.82, 2.24) is 25.1 Å². The minimum absolute atomic E-state index is 0.122. The highest BCUT2D eigenvalue weighted by molar-refractivity contribution is 8.00. The molecule has 0 fully saturated rings. The maximum Gasteiger partial charge on any atom is 0.230 e. The van der Waals surface area contributed by atoms with Crippen molar-refractivity contribution >= 4 is 51.9 Å². The van der Waals surface area contributed by atoms with Gasteiger partial charge in [0.05, 0.1) is 23.0 Å². The van der Waals surface area contributed by atoms with Crippen LogP contribution in [0, 0.1) is 0 Å². The van der Waals surface area contributed by atoms with Crippen molar-refractivity contribution in [1.29, 1.82) is 0 Å². The van der Waals surface area contributed by atoms with E-state index in [0.717, 1.165) is 16.6 Å². The fraction of sp³-hybridized carbons (Fsp3) is 0.100. The Labute approximate surface area is 181 Å². The maximum atomic E-state index is 12.3. The summed E-state index contributed by atoms with van der Waals surface area (Å²) in [5.41, 5.74) is 2.42. The van der Waals surface area contributed by atoms with Crippen molar-refractivity contribution in [3.05, 3.63) is 76.7 Å². The molecular weight excluding hydrogens is 429 g/mol. The molecule has 0 atom stereocenters. The Bertz CT molecular complexity index is 1170. The van der Waals surface area contributed by atoms with E-state index >= 15 is 0 Å². The monoisotopic (exact) mass is 443 g/mol. The van der Waals surface area contributed by atoms with E-state index in [9.17, 15) is 4.79 Å². The van der Waals surface area contributed by atoms with Crippen LogP contribution in [0.2, 0.25) is 10.0 Å². The summed E-state index contributed by atoms with van der Waals surface area (Å²) >= 11 is 13.4. The fourth-order valence-electron chi connectivity index (χ4n) is 2.74. The van der Waals surface area contributed by atoms with Gasteiger partial charge >= 0.3 is 0 Å². The molecule has 146 valence electrons. The van der Waals surface area contributed by atoms with Crippen molar-refractivity contribution in [2.24, 2.45) is 0 Å². The smallest absolute Gasteiger partial charge is 0.230 e. The lowest BCUT2D eigenvalue weighted by atomic mass is 10.2. The number of carbonyl (C=O) groups is 1. The molecule has 2 aromatic carbocycles. The van der Waals surface area contributed by atoms with Gasteiger partial charge in [0.15, 0.2) is 5.65 Å². The Morgan fingerprint density at radius 2 is 1.93 bits per heavy atom. The average molecular weight is 444 g/mol. The number of nitrogens with zero attached hydrogens (tertiary/aromatic N) is 4. The predicted molar refractivity (Wildman–Crippen MR) is 116 cm³/mol. The Balaban J connectivity index is 1.43. The molecule has 1 amide bonds. The number of amides is 1. The molecule has 29 heavy (non-hydrogen) atoms. The molecule has 0 saturated heterocycles. The van der Waals surface area contributed by atoms with Crippen LogP contribution in [0.4, 0.5) is 0 Å². The Morgan fingerprint density at radius 1 is 1.10 bits per heavy atom. The number of hydrogen-bond acceptors (Lipinski definition) is 5. The first kappa shape index (κ1) is 19.7. The maximum absolute atomic E-state index is 12.3. The number of benzene rings is 2. The number of para-hydroxylation sites is 1. The second-order valence-electron chi connectivity index (χ2n) is 6.11. The first-order valence-electron chi connectivity index (χ1n) is 8.69. The summed E-state index contributed by atoms with van der Waals surface area (Å²) < 4.78 is 1.75. The topological polar surface area (TPSA) is 72.7 Å². The molecule has 0 spiro atoms. The van der Waals surface area contributed by atoms with Crippen molar-refractivity contribution < 1.29 is 4.79 Å². The second-order valence-corrected chi connectivity index (χ2v) is 7.92. The summed E-state index contributed by atoms with van der Waals surface area (Å²) in [5.74, 6) is 0.0941. The molecule has 0 unspecified atom stereocenters. The molecule has 0 aliphatic heterocycles. The summed E-state index contributed by atoms with van der Waals surface area (Å²) in [7, 11) is 0. The minimum Gasteiger partial charge on any atom is -0.351 e. The van der Waals surface area contributed by atoms with Crippen LogP contribution in [-0.2, 0) is 11.3 Å². The number of hydrogen-bond donors (Lipinski definition) is 1. The van der Waals surface area contributed by atoms with E-state index in [-0.39, 0.29) is 11.7 Å². The third kappa shape index (κ3) is 4.53. The predicted octanol–water partition coefficient (Wildman–Crippen LogP) is 4.53. The highest BCUT2D eigenvalue weighted by Gasteiger charge is 2.13. The Hall–Kier alpha value is -2.61. The zero-order valence-electron chi connectivity index (χ0n) is 15.0. The van der Waals surface area contributed by atoms with Crippen LogP contribution in [0.3, 0.4) is 0 Å². The molecule has 1 N–H and O–H groups in total. The first-order valence-corrected chi connectivity index (χ1v) is 10.4. The molecule has 0 saturated carbocycles. The first-order chi connectivity index (χ1) is 14.1. The molecular formula is C20H15Cl2N5OS. The Morgan fingerprint density at radius 3 is 2.72 bits per heavy atom. The van der Waals surface area contributed by atoms with Gasteiger partial charge in [0.25, 0.3) is 0 Å². The van der Waals surface area contributed by atoms with Gasteiger partial charge in [0.2, 0.25) is 5.91 Å². The van der Waals surface area contributed by atoms with Crippen LogP contribution in [0.5, 0.6) is 0 Å². The lowest BCUT2D eigenvalue weighted by molar-refractivity contribution is -0.118. The van der Waals surface area contributed by atoms with Crippen molar-refractivity contribution in [3.63, 3.8) is 0 Å². The van der Waals surface area contributed by atoms with Gasteiger partial charge in [0, 0.05) is 16.6 Å². The van der Waals surface area contributed by atoms with Crippen molar-refractivity contribution in [2.75, 3.05) is 5.75 Å². The number of carbonyl (C=O) groups excluding carboxylic acids is 1. The highest BCUT2D eigenvalue weighted by atomic mass is 35.5. The molecule has 0 radical (unpaired) electrons. The van der Waals surface area contributed by atoms with Gasteiger partial charge in [-0.1, -0.05) is 59.2 Å². The summed E-state index contributed by atoms with van der Waals surface area (Å²) in [5, 5.41) is 9.87. The molecule has 0 aliphatic rings. The number of aromatic nitrogens is 4. The summed E-state index contributed by atoms with van der Waals surface area (Å²) in [6.45, 7) is 0.334. The summed E-state index contributed by atoms with van der Waals surface area (Å²) in [6.07, 6.45) is 3.20. The number of thioether (sulfide) groups is 1.